The molecule has 4 rings (SSSR count). The Morgan fingerprint density at radius 3 is 3.11 bits per heavy atom. The molecule has 0 spiro atoms. The van der Waals surface area contributed by atoms with E-state index in [2.05, 4.69) is 21.4 Å². The third kappa shape index (κ3) is 1.24. The molecule has 0 aliphatic rings. The van der Waals surface area contributed by atoms with E-state index in [0.29, 0.717) is 0 Å². The number of hydrogen-bond donors (Lipinski definition) is 0. The Kier molecular flexibility index (Phi) is 1.77. The van der Waals surface area contributed by atoms with E-state index in [1.165, 1.54) is 0 Å². The molecule has 4 heterocycles. The zero-order valence-electron chi connectivity index (χ0n) is 9.35. The highest BCUT2D eigenvalue weighted by atomic mass is 15.2. The quantitative estimate of drug-likeness (QED) is 0.505. The summed E-state index contributed by atoms with van der Waals surface area (Å²) in [5.41, 5.74) is 3.77. The lowest BCUT2D eigenvalue weighted by atomic mass is 10.1. The summed E-state index contributed by atoms with van der Waals surface area (Å²) in [4.78, 5) is 0. The van der Waals surface area contributed by atoms with Crippen molar-refractivity contribution in [2.75, 3.05) is 0 Å². The van der Waals surface area contributed by atoms with Crippen LogP contribution in [0.2, 0.25) is 0 Å². The van der Waals surface area contributed by atoms with Crippen LogP contribution in [-0.4, -0.2) is 24.2 Å². The van der Waals surface area contributed by atoms with Gasteiger partial charge in [0.05, 0.1) is 5.52 Å². The maximum absolute atomic E-state index is 4.16. The highest BCUT2D eigenvalue weighted by Gasteiger charge is 2.07. The van der Waals surface area contributed by atoms with Crippen LogP contribution in [0.4, 0.5) is 0 Å². The first-order valence-electron chi connectivity index (χ1n) is 5.56. The molecule has 0 aromatic carbocycles. The number of hydrogen-bond acceptors (Lipinski definition) is 3. The lowest BCUT2D eigenvalue weighted by Crippen LogP contribution is -1.90. The number of rotatable bonds is 1. The highest BCUT2D eigenvalue weighted by molar-refractivity contribution is 5.78. The zero-order valence-corrected chi connectivity index (χ0v) is 9.35. The van der Waals surface area contributed by atoms with Crippen LogP contribution in [-0.2, 0) is 0 Å². The molecule has 0 amide bonds. The van der Waals surface area contributed by atoms with E-state index in [-0.39, 0.29) is 0 Å². The van der Waals surface area contributed by atoms with Crippen molar-refractivity contribution in [1.82, 2.24) is 24.2 Å². The van der Waals surface area contributed by atoms with Crippen LogP contribution in [0.3, 0.4) is 0 Å². The van der Waals surface area contributed by atoms with Crippen molar-refractivity contribution in [3.05, 3.63) is 55.2 Å². The number of nitrogens with zero attached hydrogens (tertiary/aromatic N) is 5. The fourth-order valence-corrected chi connectivity index (χ4v) is 2.08. The molecule has 0 saturated carbocycles. The molecule has 1 radical (unpaired) electrons. The van der Waals surface area contributed by atoms with Gasteiger partial charge in [0, 0.05) is 30.2 Å². The second-order valence-electron chi connectivity index (χ2n) is 4.00. The number of pyridine rings is 2. The Bertz CT molecular complexity index is 842. The third-order valence-corrected chi connectivity index (χ3v) is 2.93. The van der Waals surface area contributed by atoms with Crippen molar-refractivity contribution in [2.45, 2.75) is 0 Å². The number of fused-ring (bicyclic) bond motifs is 2. The van der Waals surface area contributed by atoms with Crippen molar-refractivity contribution < 1.29 is 0 Å². The predicted octanol–water partition coefficient (Wildman–Crippen LogP) is 1.84. The summed E-state index contributed by atoms with van der Waals surface area (Å²) >= 11 is 0. The molecule has 5 heteroatoms. The Morgan fingerprint density at radius 1 is 1.11 bits per heavy atom. The van der Waals surface area contributed by atoms with Crippen molar-refractivity contribution in [3.8, 4) is 11.1 Å². The molecule has 18 heavy (non-hydrogen) atoms. The molecule has 0 fully saturated rings. The predicted molar refractivity (Wildman–Crippen MR) is 66.0 cm³/mol. The molecule has 0 saturated heterocycles. The standard InChI is InChI=1S/C13H8N5/c1-2-12(13-16-14-9-17(13)6-1)10-4-7-18-11(8-10)3-5-15-18/h1-7,9H. The van der Waals surface area contributed by atoms with Crippen LogP contribution in [0, 0.1) is 6.07 Å². The smallest absolute Gasteiger partial charge is 0.168 e. The van der Waals surface area contributed by atoms with Crippen LogP contribution < -0.4 is 0 Å². The highest BCUT2D eigenvalue weighted by Crippen LogP contribution is 2.23. The molecule has 85 valence electrons. The van der Waals surface area contributed by atoms with Gasteiger partial charge < -0.3 is 0 Å². The Hall–Kier alpha value is -2.69. The van der Waals surface area contributed by atoms with Crippen molar-refractivity contribution in [3.63, 3.8) is 0 Å². The Balaban J connectivity index is 2.03. The van der Waals surface area contributed by atoms with Gasteiger partial charge in [0.2, 0.25) is 0 Å². The molecule has 0 aliphatic carbocycles. The molecule has 0 aliphatic heterocycles. The largest absolute Gasteiger partial charge is 0.289 e. The summed E-state index contributed by atoms with van der Waals surface area (Å²) in [5.74, 6) is 0. The molecule has 5 nitrogen and oxygen atoms in total. The molecule has 0 atom stereocenters. The van der Waals surface area contributed by atoms with E-state index >= 15 is 0 Å². The van der Waals surface area contributed by atoms with Crippen molar-refractivity contribution in [1.29, 1.82) is 0 Å². The lowest BCUT2D eigenvalue weighted by Gasteiger charge is -2.03. The SMILES string of the molecule is [c]1c(-c2cccn3cnnc23)ccn2nccc12. The van der Waals surface area contributed by atoms with Crippen LogP contribution in [0.15, 0.2) is 49.2 Å². The summed E-state index contributed by atoms with van der Waals surface area (Å²) in [6.45, 7) is 0. The van der Waals surface area contributed by atoms with Gasteiger partial charge in [-0.1, -0.05) is 0 Å². The van der Waals surface area contributed by atoms with Gasteiger partial charge in [0.15, 0.2) is 5.65 Å². The molecule has 0 unspecified atom stereocenters. The molecular formula is C13H8N5. The van der Waals surface area contributed by atoms with E-state index in [1.807, 2.05) is 41.1 Å². The summed E-state index contributed by atoms with van der Waals surface area (Å²) in [5, 5.41) is 12.2. The van der Waals surface area contributed by atoms with Crippen LogP contribution >= 0.6 is 0 Å². The van der Waals surface area contributed by atoms with Crippen LogP contribution in [0.5, 0.6) is 0 Å². The summed E-state index contributed by atoms with van der Waals surface area (Å²) < 4.78 is 3.68. The van der Waals surface area contributed by atoms with E-state index in [0.717, 1.165) is 22.3 Å². The molecule has 0 bridgehead atoms. The molecule has 0 N–H and O–H groups in total. The van der Waals surface area contributed by atoms with Gasteiger partial charge in [-0.05, 0) is 29.8 Å². The first-order chi connectivity index (χ1) is 8.92. The van der Waals surface area contributed by atoms with Crippen LogP contribution in [0.25, 0.3) is 22.3 Å². The molecular weight excluding hydrogens is 226 g/mol. The number of aromatic nitrogens is 5. The van der Waals surface area contributed by atoms with Gasteiger partial charge in [-0.2, -0.15) is 5.10 Å². The Labute approximate surface area is 102 Å². The molecule has 4 aromatic rings. The first-order valence-corrected chi connectivity index (χ1v) is 5.56. The normalized spacial score (nSPS) is 11.3. The summed E-state index contributed by atoms with van der Waals surface area (Å²) in [6, 6.07) is 11.2. The average molecular weight is 234 g/mol. The van der Waals surface area contributed by atoms with Gasteiger partial charge >= 0.3 is 0 Å². The van der Waals surface area contributed by atoms with E-state index in [1.54, 1.807) is 17.0 Å². The lowest BCUT2D eigenvalue weighted by molar-refractivity contribution is 0.961. The molecule has 4 aromatic heterocycles. The first kappa shape index (κ1) is 9.35. The Morgan fingerprint density at radius 2 is 2.11 bits per heavy atom. The van der Waals surface area contributed by atoms with E-state index < -0.39 is 0 Å². The van der Waals surface area contributed by atoms with Crippen molar-refractivity contribution >= 4 is 11.2 Å². The monoisotopic (exact) mass is 234 g/mol. The van der Waals surface area contributed by atoms with E-state index in [4.69, 9.17) is 0 Å². The average Bonchev–Trinajstić information content (AvgIpc) is 3.05. The van der Waals surface area contributed by atoms with E-state index in [9.17, 15) is 0 Å². The second kappa shape index (κ2) is 3.40. The summed E-state index contributed by atoms with van der Waals surface area (Å²) in [7, 11) is 0. The van der Waals surface area contributed by atoms with Gasteiger partial charge in [0.1, 0.15) is 6.33 Å². The minimum atomic E-state index is 0.831. The third-order valence-electron chi connectivity index (χ3n) is 2.93. The maximum Gasteiger partial charge on any atom is 0.168 e. The fourth-order valence-electron chi connectivity index (χ4n) is 2.08. The van der Waals surface area contributed by atoms with Crippen molar-refractivity contribution in [2.24, 2.45) is 0 Å². The van der Waals surface area contributed by atoms with Gasteiger partial charge in [-0.25, -0.2) is 4.52 Å². The van der Waals surface area contributed by atoms with Crippen LogP contribution in [0.1, 0.15) is 0 Å². The van der Waals surface area contributed by atoms with Gasteiger partial charge in [-0.15, -0.1) is 10.2 Å². The fraction of sp³-hybridized carbons (Fsp3) is 0. The summed E-state index contributed by atoms with van der Waals surface area (Å²) in [6.07, 6.45) is 7.29. The van der Waals surface area contributed by atoms with Gasteiger partial charge in [-0.3, -0.25) is 4.40 Å². The minimum absolute atomic E-state index is 0.831. The zero-order chi connectivity index (χ0) is 11.9. The second-order valence-corrected chi connectivity index (χ2v) is 4.00. The maximum atomic E-state index is 4.16. The minimum Gasteiger partial charge on any atom is -0.289 e. The van der Waals surface area contributed by atoms with Gasteiger partial charge in [0.25, 0.3) is 0 Å². The topological polar surface area (TPSA) is 47.5 Å².